The molecule has 0 aromatic heterocycles. The van der Waals surface area contributed by atoms with Gasteiger partial charge in [-0.3, -0.25) is 9.59 Å². The fourth-order valence-electron chi connectivity index (χ4n) is 2.07. The topological polar surface area (TPSA) is 81.4 Å². The highest BCUT2D eigenvalue weighted by Crippen LogP contribution is 2.38. The van der Waals surface area contributed by atoms with E-state index in [1.807, 2.05) is 0 Å². The Labute approximate surface area is 154 Å². The predicted molar refractivity (Wildman–Crippen MR) is 85.5 cm³/mol. The molecule has 3 N–H and O–H groups in total. The summed E-state index contributed by atoms with van der Waals surface area (Å²) in [4.78, 5) is 22.7. The third kappa shape index (κ3) is 5.63. The maximum atomic E-state index is 12.8. The molecule has 0 saturated carbocycles. The molecule has 0 aliphatic heterocycles. The molecular weight excluding hydrogens is 394 g/mol. The van der Waals surface area contributed by atoms with Crippen molar-refractivity contribution in [2.75, 3.05) is 11.9 Å². The van der Waals surface area contributed by atoms with E-state index in [0.717, 1.165) is 0 Å². The van der Waals surface area contributed by atoms with Crippen molar-refractivity contribution in [1.29, 1.82) is 0 Å². The Morgan fingerprint density at radius 3 is 1.82 bits per heavy atom. The molecule has 0 atom stereocenters. The summed E-state index contributed by atoms with van der Waals surface area (Å²) in [6.45, 7) is -0.837. The van der Waals surface area contributed by atoms with Gasteiger partial charge >= 0.3 is 12.4 Å². The second-order valence-electron chi connectivity index (χ2n) is 5.52. The van der Waals surface area contributed by atoms with Gasteiger partial charge in [0.1, 0.15) is 5.75 Å². The smallest absolute Gasteiger partial charge is 0.416 e. The van der Waals surface area contributed by atoms with E-state index in [0.29, 0.717) is 12.1 Å². The molecule has 0 spiro atoms. The largest absolute Gasteiger partial charge is 0.484 e. The number of benzene rings is 2. The lowest BCUT2D eigenvalue weighted by molar-refractivity contribution is -0.143. The molecule has 2 aromatic rings. The van der Waals surface area contributed by atoms with Gasteiger partial charge in [-0.25, -0.2) is 0 Å². The molecule has 0 radical (unpaired) electrons. The summed E-state index contributed by atoms with van der Waals surface area (Å²) in [6, 6.07) is 6.00. The van der Waals surface area contributed by atoms with E-state index < -0.39 is 47.7 Å². The molecule has 0 bridgehead atoms. The quantitative estimate of drug-likeness (QED) is 0.741. The Morgan fingerprint density at radius 2 is 1.39 bits per heavy atom. The highest BCUT2D eigenvalue weighted by molar-refractivity contribution is 5.95. The minimum atomic E-state index is -5.02. The average molecular weight is 406 g/mol. The van der Waals surface area contributed by atoms with Crippen molar-refractivity contribution in [2.45, 2.75) is 12.4 Å². The molecule has 0 saturated heterocycles. The summed E-state index contributed by atoms with van der Waals surface area (Å²) >= 11 is 0. The van der Waals surface area contributed by atoms with Crippen molar-refractivity contribution < 1.29 is 40.7 Å². The second-order valence-corrected chi connectivity index (χ2v) is 5.52. The van der Waals surface area contributed by atoms with E-state index in [9.17, 15) is 35.9 Å². The lowest BCUT2D eigenvalue weighted by atomic mass is 10.1. The fraction of sp³-hybridized carbons (Fsp3) is 0.176. The molecular formula is C17H12F6N2O3. The van der Waals surface area contributed by atoms with Crippen LogP contribution in [0.5, 0.6) is 5.75 Å². The number of amides is 2. The van der Waals surface area contributed by atoms with Crippen molar-refractivity contribution in [3.8, 4) is 5.75 Å². The normalized spacial score (nSPS) is 11.8. The zero-order chi connectivity index (χ0) is 21.1. The van der Waals surface area contributed by atoms with Crippen LogP contribution in [0.25, 0.3) is 0 Å². The number of anilines is 1. The van der Waals surface area contributed by atoms with Crippen molar-refractivity contribution in [2.24, 2.45) is 5.73 Å². The first-order valence-electron chi connectivity index (χ1n) is 7.48. The Kier molecular flexibility index (Phi) is 5.86. The zero-order valence-electron chi connectivity index (χ0n) is 13.8. The van der Waals surface area contributed by atoms with Gasteiger partial charge in [0.05, 0.1) is 11.1 Å². The molecule has 5 nitrogen and oxygen atoms in total. The van der Waals surface area contributed by atoms with Crippen LogP contribution in [0.2, 0.25) is 0 Å². The Bertz CT molecular complexity index is 844. The second kappa shape index (κ2) is 7.79. The van der Waals surface area contributed by atoms with E-state index >= 15 is 0 Å². The Hall–Kier alpha value is -3.24. The molecule has 2 amide bonds. The van der Waals surface area contributed by atoms with Crippen LogP contribution in [0.4, 0.5) is 32.0 Å². The maximum absolute atomic E-state index is 12.8. The number of alkyl halides is 6. The summed E-state index contributed by atoms with van der Waals surface area (Å²) in [6.07, 6.45) is -10.0. The highest BCUT2D eigenvalue weighted by atomic mass is 19.4. The Balaban J connectivity index is 2.10. The summed E-state index contributed by atoms with van der Waals surface area (Å²) in [5.41, 5.74) is 2.34. The van der Waals surface area contributed by atoms with Gasteiger partial charge in [-0.05, 0) is 42.5 Å². The number of hydrogen-bond donors (Lipinski definition) is 2. The van der Waals surface area contributed by atoms with Gasteiger partial charge in [0.25, 0.3) is 5.91 Å². The molecule has 0 aliphatic rings. The van der Waals surface area contributed by atoms with Crippen molar-refractivity contribution in [1.82, 2.24) is 0 Å². The number of nitrogens with one attached hydrogen (secondary N) is 1. The van der Waals surface area contributed by atoms with E-state index in [4.69, 9.17) is 10.5 Å². The lowest BCUT2D eigenvalue weighted by Gasteiger charge is -2.14. The number of halogens is 6. The molecule has 0 fully saturated rings. The minimum Gasteiger partial charge on any atom is -0.484 e. The lowest BCUT2D eigenvalue weighted by Crippen LogP contribution is -2.21. The Morgan fingerprint density at radius 1 is 0.893 bits per heavy atom. The summed E-state index contributed by atoms with van der Waals surface area (Å²) < 4.78 is 81.4. The van der Waals surface area contributed by atoms with Crippen molar-refractivity contribution in [3.05, 3.63) is 59.2 Å². The van der Waals surface area contributed by atoms with Gasteiger partial charge < -0.3 is 15.8 Å². The van der Waals surface area contributed by atoms with Crippen LogP contribution in [-0.2, 0) is 17.1 Å². The first kappa shape index (κ1) is 21.1. The van der Waals surface area contributed by atoms with Crippen molar-refractivity contribution in [3.63, 3.8) is 0 Å². The molecule has 0 heterocycles. The zero-order valence-corrected chi connectivity index (χ0v) is 13.8. The van der Waals surface area contributed by atoms with Gasteiger partial charge in [-0.1, -0.05) is 0 Å². The van der Waals surface area contributed by atoms with E-state index in [2.05, 4.69) is 5.32 Å². The van der Waals surface area contributed by atoms with Crippen LogP contribution in [0.15, 0.2) is 42.5 Å². The van der Waals surface area contributed by atoms with Gasteiger partial charge in [0.15, 0.2) is 6.61 Å². The van der Waals surface area contributed by atoms with Crippen LogP contribution in [0.1, 0.15) is 21.5 Å². The monoisotopic (exact) mass is 406 g/mol. The standard InChI is InChI=1S/C17H12F6N2O3/c18-16(19,20)10-5-11(17(21,22)23)7-13(6-10)28-8-14(26)25-12-3-1-9(2-4-12)15(24)27/h1-7H,8H2,(H2,24,27)(H,25,26). The first-order valence-corrected chi connectivity index (χ1v) is 7.48. The third-order valence-electron chi connectivity index (χ3n) is 3.38. The van der Waals surface area contributed by atoms with Gasteiger partial charge in [0.2, 0.25) is 5.91 Å². The third-order valence-corrected chi connectivity index (χ3v) is 3.38. The number of ether oxygens (including phenoxy) is 1. The maximum Gasteiger partial charge on any atom is 0.416 e. The van der Waals surface area contributed by atoms with Crippen molar-refractivity contribution >= 4 is 17.5 Å². The van der Waals surface area contributed by atoms with Crippen LogP contribution >= 0.6 is 0 Å². The van der Waals surface area contributed by atoms with Crippen LogP contribution in [0.3, 0.4) is 0 Å². The molecule has 0 aliphatic carbocycles. The average Bonchev–Trinajstić information content (AvgIpc) is 2.58. The molecule has 0 unspecified atom stereocenters. The number of primary amides is 1. The van der Waals surface area contributed by atoms with Gasteiger partial charge in [-0.15, -0.1) is 0 Å². The molecule has 11 heteroatoms. The summed E-state index contributed by atoms with van der Waals surface area (Å²) in [7, 11) is 0. The predicted octanol–water partition coefficient (Wildman–Crippen LogP) is 3.84. The number of nitrogens with two attached hydrogens (primary N) is 1. The molecule has 150 valence electrons. The van der Waals surface area contributed by atoms with Crippen LogP contribution in [-0.4, -0.2) is 18.4 Å². The number of rotatable bonds is 5. The minimum absolute atomic E-state index is 0.0484. The summed E-state index contributed by atoms with van der Waals surface area (Å²) in [5, 5.41) is 2.31. The number of carbonyl (C=O) groups excluding carboxylic acids is 2. The fourth-order valence-corrected chi connectivity index (χ4v) is 2.07. The van der Waals surface area contributed by atoms with Gasteiger partial charge in [0, 0.05) is 11.3 Å². The molecule has 2 aromatic carbocycles. The van der Waals surface area contributed by atoms with E-state index in [1.54, 1.807) is 0 Å². The van der Waals surface area contributed by atoms with E-state index in [-0.39, 0.29) is 17.3 Å². The van der Waals surface area contributed by atoms with Gasteiger partial charge in [-0.2, -0.15) is 26.3 Å². The highest BCUT2D eigenvalue weighted by Gasteiger charge is 2.37. The molecule has 2 rings (SSSR count). The van der Waals surface area contributed by atoms with E-state index in [1.165, 1.54) is 24.3 Å². The number of hydrogen-bond acceptors (Lipinski definition) is 3. The first-order chi connectivity index (χ1) is 12.9. The molecule has 28 heavy (non-hydrogen) atoms. The SMILES string of the molecule is NC(=O)c1ccc(NC(=O)COc2cc(C(F)(F)F)cc(C(F)(F)F)c2)cc1. The van der Waals surface area contributed by atoms with Crippen LogP contribution in [0, 0.1) is 0 Å². The van der Waals surface area contributed by atoms with Crippen LogP contribution < -0.4 is 15.8 Å². The number of carbonyl (C=O) groups is 2. The summed E-state index contributed by atoms with van der Waals surface area (Å²) in [5.74, 6) is -2.29.